The van der Waals surface area contributed by atoms with Crippen molar-refractivity contribution in [3.63, 3.8) is 0 Å². The first-order chi connectivity index (χ1) is 10.2. The largest absolute Gasteiger partial charge is 0.385 e. The maximum absolute atomic E-state index is 12.2. The minimum atomic E-state index is -0.203. The van der Waals surface area contributed by atoms with Crippen LogP contribution in [-0.2, 0) is 9.57 Å². The summed E-state index contributed by atoms with van der Waals surface area (Å²) in [6, 6.07) is 7.14. The van der Waals surface area contributed by atoms with Crippen molar-refractivity contribution in [2.75, 3.05) is 26.9 Å². The fourth-order valence-electron chi connectivity index (χ4n) is 2.23. The molecule has 0 unspecified atom stereocenters. The highest BCUT2D eigenvalue weighted by atomic mass is 35.5. The second-order valence-corrected chi connectivity index (χ2v) is 5.41. The number of carbonyl (C=O) groups is 1. The van der Waals surface area contributed by atoms with Crippen molar-refractivity contribution in [2.24, 2.45) is 0 Å². The topological polar surface area (TPSA) is 50.8 Å². The Bertz CT molecular complexity index is 447. The van der Waals surface area contributed by atoms with Gasteiger partial charge in [-0.25, -0.2) is 9.86 Å². The van der Waals surface area contributed by atoms with Crippen LogP contribution in [-0.4, -0.2) is 38.0 Å². The summed E-state index contributed by atoms with van der Waals surface area (Å²) in [7, 11) is 1.65. The molecule has 116 valence electrons. The number of nitrogens with one attached hydrogen (secondary N) is 1. The van der Waals surface area contributed by atoms with Gasteiger partial charge in [-0.05, 0) is 37.0 Å². The molecule has 21 heavy (non-hydrogen) atoms. The van der Waals surface area contributed by atoms with Gasteiger partial charge in [0.25, 0.3) is 0 Å². The molecule has 1 heterocycles. The minimum absolute atomic E-state index is 0.125. The molecule has 0 spiro atoms. The SMILES string of the molecule is COCC[C@@H](NC(=O)N1CCCCO1)c1ccc(Cl)cc1. The fourth-order valence-corrected chi connectivity index (χ4v) is 2.36. The quantitative estimate of drug-likeness (QED) is 0.908. The zero-order chi connectivity index (χ0) is 15.1. The number of hydrogen-bond acceptors (Lipinski definition) is 3. The van der Waals surface area contributed by atoms with E-state index in [1.807, 2.05) is 24.3 Å². The summed E-state index contributed by atoms with van der Waals surface area (Å²) in [5.74, 6) is 0. The Balaban J connectivity index is 2.01. The zero-order valence-electron chi connectivity index (χ0n) is 12.2. The van der Waals surface area contributed by atoms with E-state index < -0.39 is 0 Å². The van der Waals surface area contributed by atoms with Crippen molar-refractivity contribution < 1.29 is 14.4 Å². The van der Waals surface area contributed by atoms with E-state index in [4.69, 9.17) is 21.2 Å². The molecule has 1 fully saturated rings. The number of methoxy groups -OCH3 is 1. The second-order valence-electron chi connectivity index (χ2n) is 4.98. The number of carbonyl (C=O) groups excluding carboxylic acids is 1. The summed E-state index contributed by atoms with van der Waals surface area (Å²) in [6.45, 7) is 1.79. The van der Waals surface area contributed by atoms with E-state index in [0.717, 1.165) is 18.4 Å². The van der Waals surface area contributed by atoms with Crippen molar-refractivity contribution in [2.45, 2.75) is 25.3 Å². The molecule has 0 radical (unpaired) electrons. The average Bonchev–Trinajstić information content (AvgIpc) is 2.53. The van der Waals surface area contributed by atoms with E-state index in [1.54, 1.807) is 7.11 Å². The molecule has 0 bridgehead atoms. The molecule has 5 nitrogen and oxygen atoms in total. The molecule has 1 saturated heterocycles. The first-order valence-corrected chi connectivity index (χ1v) is 7.54. The van der Waals surface area contributed by atoms with Crippen LogP contribution in [0.3, 0.4) is 0 Å². The molecular weight excluding hydrogens is 292 g/mol. The van der Waals surface area contributed by atoms with Crippen LogP contribution >= 0.6 is 11.6 Å². The smallest absolute Gasteiger partial charge is 0.341 e. The van der Waals surface area contributed by atoms with Gasteiger partial charge in [-0.2, -0.15) is 0 Å². The zero-order valence-corrected chi connectivity index (χ0v) is 12.9. The number of hydrogen-bond donors (Lipinski definition) is 1. The summed E-state index contributed by atoms with van der Waals surface area (Å²) in [6.07, 6.45) is 2.66. The maximum atomic E-state index is 12.2. The molecule has 2 rings (SSSR count). The normalized spacial score (nSPS) is 16.6. The maximum Gasteiger partial charge on any atom is 0.341 e. The Hall–Kier alpha value is -1.30. The van der Waals surface area contributed by atoms with E-state index >= 15 is 0 Å². The predicted octanol–water partition coefficient (Wildman–Crippen LogP) is 3.15. The monoisotopic (exact) mass is 312 g/mol. The van der Waals surface area contributed by atoms with Gasteiger partial charge in [-0.15, -0.1) is 0 Å². The molecule has 1 atom stereocenters. The number of nitrogens with zero attached hydrogens (tertiary/aromatic N) is 1. The van der Waals surface area contributed by atoms with E-state index in [1.165, 1.54) is 5.06 Å². The molecule has 1 aromatic rings. The number of halogens is 1. The molecule has 1 aliphatic rings. The number of benzene rings is 1. The fraction of sp³-hybridized carbons (Fsp3) is 0.533. The Morgan fingerprint density at radius 1 is 1.43 bits per heavy atom. The van der Waals surface area contributed by atoms with Crippen LogP contribution in [0.25, 0.3) is 0 Å². The van der Waals surface area contributed by atoms with E-state index in [2.05, 4.69) is 5.32 Å². The summed E-state index contributed by atoms with van der Waals surface area (Å²) < 4.78 is 5.12. The lowest BCUT2D eigenvalue weighted by molar-refractivity contribution is -0.140. The number of amides is 2. The molecule has 0 aromatic heterocycles. The van der Waals surface area contributed by atoms with Gasteiger partial charge in [0.2, 0.25) is 0 Å². The highest BCUT2D eigenvalue weighted by Crippen LogP contribution is 2.20. The van der Waals surface area contributed by atoms with Gasteiger partial charge in [-0.3, -0.25) is 4.84 Å². The molecule has 0 saturated carbocycles. The van der Waals surface area contributed by atoms with Gasteiger partial charge in [0.05, 0.1) is 19.2 Å². The standard InChI is InChI=1S/C15H21ClN2O3/c1-20-11-8-14(12-4-6-13(16)7-5-12)17-15(19)18-9-2-3-10-21-18/h4-7,14H,2-3,8-11H2,1H3,(H,17,19)/t14-/m1/s1. The van der Waals surface area contributed by atoms with Gasteiger partial charge in [0, 0.05) is 18.7 Å². The second kappa shape index (κ2) is 8.22. The Labute approximate surface area is 130 Å². The Morgan fingerprint density at radius 2 is 2.19 bits per heavy atom. The van der Waals surface area contributed by atoms with Crippen LogP contribution in [0, 0.1) is 0 Å². The van der Waals surface area contributed by atoms with E-state index in [0.29, 0.717) is 31.2 Å². The van der Waals surface area contributed by atoms with Gasteiger partial charge >= 0.3 is 6.03 Å². The first kappa shape index (κ1) is 16.1. The van der Waals surface area contributed by atoms with Crippen LogP contribution in [0.15, 0.2) is 24.3 Å². The van der Waals surface area contributed by atoms with Gasteiger partial charge in [0.1, 0.15) is 0 Å². The molecular formula is C15H21ClN2O3. The third kappa shape index (κ3) is 4.88. The Kier molecular flexibility index (Phi) is 6.29. The van der Waals surface area contributed by atoms with Crippen molar-refractivity contribution in [1.29, 1.82) is 0 Å². The van der Waals surface area contributed by atoms with Crippen molar-refractivity contribution in [3.8, 4) is 0 Å². The molecule has 0 aliphatic carbocycles. The molecule has 1 aliphatic heterocycles. The number of urea groups is 1. The number of rotatable bonds is 5. The van der Waals surface area contributed by atoms with Crippen LogP contribution in [0.5, 0.6) is 0 Å². The van der Waals surface area contributed by atoms with Crippen molar-refractivity contribution in [3.05, 3.63) is 34.9 Å². The van der Waals surface area contributed by atoms with E-state index in [9.17, 15) is 4.79 Å². The number of hydroxylamine groups is 2. The van der Waals surface area contributed by atoms with Crippen molar-refractivity contribution >= 4 is 17.6 Å². The highest BCUT2D eigenvalue weighted by molar-refractivity contribution is 6.30. The van der Waals surface area contributed by atoms with Gasteiger partial charge < -0.3 is 10.1 Å². The van der Waals surface area contributed by atoms with Gasteiger partial charge in [-0.1, -0.05) is 23.7 Å². The van der Waals surface area contributed by atoms with Crippen LogP contribution in [0.4, 0.5) is 4.79 Å². The highest BCUT2D eigenvalue weighted by Gasteiger charge is 2.21. The lowest BCUT2D eigenvalue weighted by Crippen LogP contribution is -2.44. The third-order valence-corrected chi connectivity index (χ3v) is 3.66. The first-order valence-electron chi connectivity index (χ1n) is 7.16. The molecule has 1 N–H and O–H groups in total. The van der Waals surface area contributed by atoms with Crippen LogP contribution in [0.2, 0.25) is 5.02 Å². The lowest BCUT2D eigenvalue weighted by Gasteiger charge is -2.28. The van der Waals surface area contributed by atoms with Crippen LogP contribution < -0.4 is 5.32 Å². The van der Waals surface area contributed by atoms with Crippen LogP contribution in [0.1, 0.15) is 30.9 Å². The molecule has 6 heteroatoms. The predicted molar refractivity (Wildman–Crippen MR) is 81.1 cm³/mol. The third-order valence-electron chi connectivity index (χ3n) is 3.41. The lowest BCUT2D eigenvalue weighted by atomic mass is 10.0. The van der Waals surface area contributed by atoms with Gasteiger partial charge in [0.15, 0.2) is 0 Å². The summed E-state index contributed by atoms with van der Waals surface area (Å²) in [5.41, 5.74) is 1.00. The summed E-state index contributed by atoms with van der Waals surface area (Å²) in [5, 5.41) is 5.07. The van der Waals surface area contributed by atoms with Crippen molar-refractivity contribution in [1.82, 2.24) is 10.4 Å². The summed E-state index contributed by atoms with van der Waals surface area (Å²) in [4.78, 5) is 17.6. The summed E-state index contributed by atoms with van der Waals surface area (Å²) >= 11 is 5.91. The molecule has 1 aromatic carbocycles. The van der Waals surface area contributed by atoms with E-state index in [-0.39, 0.29) is 12.1 Å². The minimum Gasteiger partial charge on any atom is -0.385 e. The molecule has 2 amide bonds. The average molecular weight is 313 g/mol. The number of ether oxygens (including phenoxy) is 1. The Morgan fingerprint density at radius 3 is 2.81 bits per heavy atom.